The van der Waals surface area contributed by atoms with Crippen molar-refractivity contribution in [2.45, 2.75) is 13.0 Å². The number of carbonyl (C=O) groups is 1. The van der Waals surface area contributed by atoms with Gasteiger partial charge in [0.25, 0.3) is 5.91 Å². The van der Waals surface area contributed by atoms with E-state index in [1.54, 1.807) is 24.5 Å². The van der Waals surface area contributed by atoms with Crippen LogP contribution in [0.5, 0.6) is 0 Å². The first-order valence-corrected chi connectivity index (χ1v) is 6.73. The van der Waals surface area contributed by atoms with E-state index in [2.05, 4.69) is 9.88 Å². The standard InChI is InChI=1S/C13H18N4OS/c1-10(12(14)19)16-6-8-17(9-7-16)13(18)11-2-4-15-5-3-11/h2-5,10H,6-9H2,1H3,(H2,14,19). The summed E-state index contributed by atoms with van der Waals surface area (Å²) in [7, 11) is 0. The number of nitrogens with zero attached hydrogens (tertiary/aromatic N) is 3. The highest BCUT2D eigenvalue weighted by Crippen LogP contribution is 2.10. The summed E-state index contributed by atoms with van der Waals surface area (Å²) in [5.41, 5.74) is 6.34. The SMILES string of the molecule is CC(C(N)=S)N1CCN(C(=O)c2ccncc2)CC1. The molecule has 1 aromatic rings. The third-order valence-corrected chi connectivity index (χ3v) is 3.83. The average molecular weight is 278 g/mol. The topological polar surface area (TPSA) is 62.5 Å². The number of hydrogen-bond acceptors (Lipinski definition) is 4. The molecule has 1 amide bonds. The van der Waals surface area contributed by atoms with Gasteiger partial charge in [-0.3, -0.25) is 14.7 Å². The Morgan fingerprint density at radius 2 is 1.89 bits per heavy atom. The van der Waals surface area contributed by atoms with Crippen molar-refractivity contribution in [1.29, 1.82) is 0 Å². The van der Waals surface area contributed by atoms with Crippen molar-refractivity contribution >= 4 is 23.1 Å². The molecule has 5 nitrogen and oxygen atoms in total. The highest BCUT2D eigenvalue weighted by atomic mass is 32.1. The third-order valence-electron chi connectivity index (χ3n) is 3.49. The van der Waals surface area contributed by atoms with Gasteiger partial charge in [-0.1, -0.05) is 12.2 Å². The molecule has 0 radical (unpaired) electrons. The number of thiocarbonyl (C=S) groups is 1. The Labute approximate surface area is 118 Å². The number of hydrogen-bond donors (Lipinski definition) is 1. The average Bonchev–Trinajstić information content (AvgIpc) is 2.46. The van der Waals surface area contributed by atoms with E-state index in [4.69, 9.17) is 18.0 Å². The first-order chi connectivity index (χ1) is 9.09. The Morgan fingerprint density at radius 1 is 1.32 bits per heavy atom. The lowest BCUT2D eigenvalue weighted by Crippen LogP contribution is -2.53. The second kappa shape index (κ2) is 6.08. The van der Waals surface area contributed by atoms with Gasteiger partial charge in [0.15, 0.2) is 0 Å². The molecule has 0 saturated carbocycles. The number of nitrogens with two attached hydrogens (primary N) is 1. The van der Waals surface area contributed by atoms with Crippen LogP contribution in [-0.4, -0.2) is 57.9 Å². The second-order valence-corrected chi connectivity index (χ2v) is 5.11. The molecule has 1 aliphatic rings. The van der Waals surface area contributed by atoms with E-state index in [-0.39, 0.29) is 11.9 Å². The first kappa shape index (κ1) is 13.9. The molecular weight excluding hydrogens is 260 g/mol. The maximum atomic E-state index is 12.2. The van der Waals surface area contributed by atoms with Crippen LogP contribution in [0.4, 0.5) is 0 Å². The zero-order valence-corrected chi connectivity index (χ0v) is 11.8. The van der Waals surface area contributed by atoms with E-state index in [0.29, 0.717) is 23.6 Å². The van der Waals surface area contributed by atoms with Crippen molar-refractivity contribution in [2.24, 2.45) is 5.73 Å². The quantitative estimate of drug-likeness (QED) is 0.817. The lowest BCUT2D eigenvalue weighted by Gasteiger charge is -2.37. The number of rotatable bonds is 3. The fraction of sp³-hybridized carbons (Fsp3) is 0.462. The first-order valence-electron chi connectivity index (χ1n) is 6.32. The molecule has 102 valence electrons. The van der Waals surface area contributed by atoms with Crippen LogP contribution in [0.1, 0.15) is 17.3 Å². The van der Waals surface area contributed by atoms with Crippen molar-refractivity contribution in [1.82, 2.24) is 14.8 Å². The highest BCUT2D eigenvalue weighted by molar-refractivity contribution is 7.80. The number of aromatic nitrogens is 1. The number of pyridine rings is 1. The molecular formula is C13H18N4OS. The fourth-order valence-corrected chi connectivity index (χ4v) is 2.32. The van der Waals surface area contributed by atoms with Gasteiger partial charge in [-0.15, -0.1) is 0 Å². The summed E-state index contributed by atoms with van der Waals surface area (Å²) in [5.74, 6) is 0.0602. The van der Waals surface area contributed by atoms with Gasteiger partial charge < -0.3 is 10.6 Å². The molecule has 1 aliphatic heterocycles. The normalized spacial score (nSPS) is 18.1. The second-order valence-electron chi connectivity index (χ2n) is 4.64. The predicted molar refractivity (Wildman–Crippen MR) is 78.0 cm³/mol. The van der Waals surface area contributed by atoms with Crippen LogP contribution in [0.3, 0.4) is 0 Å². The molecule has 1 saturated heterocycles. The van der Waals surface area contributed by atoms with Crippen LogP contribution < -0.4 is 5.73 Å². The lowest BCUT2D eigenvalue weighted by atomic mass is 10.2. The molecule has 6 heteroatoms. The number of amides is 1. The largest absolute Gasteiger partial charge is 0.392 e. The van der Waals surface area contributed by atoms with Gasteiger partial charge in [0.05, 0.1) is 11.0 Å². The molecule has 2 rings (SSSR count). The third kappa shape index (κ3) is 3.27. The molecule has 1 fully saturated rings. The minimum Gasteiger partial charge on any atom is -0.392 e. The van der Waals surface area contributed by atoms with Gasteiger partial charge in [0.2, 0.25) is 0 Å². The summed E-state index contributed by atoms with van der Waals surface area (Å²) in [6.45, 7) is 5.01. The van der Waals surface area contributed by atoms with Crippen molar-refractivity contribution < 1.29 is 4.79 Å². The van der Waals surface area contributed by atoms with Crippen LogP contribution in [0.15, 0.2) is 24.5 Å². The van der Waals surface area contributed by atoms with E-state index in [1.165, 1.54) is 0 Å². The monoisotopic (exact) mass is 278 g/mol. The molecule has 2 N–H and O–H groups in total. The van der Waals surface area contributed by atoms with Gasteiger partial charge >= 0.3 is 0 Å². The van der Waals surface area contributed by atoms with Gasteiger partial charge in [-0.05, 0) is 19.1 Å². The van der Waals surface area contributed by atoms with Gasteiger partial charge in [0.1, 0.15) is 0 Å². The fourth-order valence-electron chi connectivity index (χ4n) is 2.17. The molecule has 1 atom stereocenters. The van der Waals surface area contributed by atoms with Gasteiger partial charge in [0, 0.05) is 44.1 Å². The zero-order valence-electron chi connectivity index (χ0n) is 11.0. The molecule has 0 bridgehead atoms. The minimum atomic E-state index is 0.0602. The number of carbonyl (C=O) groups excluding carboxylic acids is 1. The Balaban J connectivity index is 1.93. The van der Waals surface area contributed by atoms with E-state index in [1.807, 2.05) is 11.8 Å². The van der Waals surface area contributed by atoms with Crippen LogP contribution in [0, 0.1) is 0 Å². The van der Waals surface area contributed by atoms with Crippen molar-refractivity contribution in [2.75, 3.05) is 26.2 Å². The summed E-state index contributed by atoms with van der Waals surface area (Å²) in [6.07, 6.45) is 3.27. The number of piperazine rings is 1. The Kier molecular flexibility index (Phi) is 4.44. The molecule has 0 spiro atoms. The smallest absolute Gasteiger partial charge is 0.254 e. The van der Waals surface area contributed by atoms with E-state index in [9.17, 15) is 4.79 Å². The van der Waals surface area contributed by atoms with Crippen LogP contribution in [0.25, 0.3) is 0 Å². The molecule has 1 aromatic heterocycles. The molecule has 2 heterocycles. The van der Waals surface area contributed by atoms with Gasteiger partial charge in [-0.25, -0.2) is 0 Å². The maximum absolute atomic E-state index is 12.2. The summed E-state index contributed by atoms with van der Waals surface area (Å²) in [5, 5.41) is 0. The van der Waals surface area contributed by atoms with E-state index in [0.717, 1.165) is 13.1 Å². The van der Waals surface area contributed by atoms with Crippen LogP contribution in [-0.2, 0) is 0 Å². The Bertz CT molecular complexity index is 457. The zero-order chi connectivity index (χ0) is 13.8. The maximum Gasteiger partial charge on any atom is 0.254 e. The van der Waals surface area contributed by atoms with Crippen LogP contribution in [0.2, 0.25) is 0 Å². The summed E-state index contributed by atoms with van der Waals surface area (Å²) < 4.78 is 0. The van der Waals surface area contributed by atoms with Crippen molar-refractivity contribution in [3.8, 4) is 0 Å². The summed E-state index contributed by atoms with van der Waals surface area (Å²) in [6, 6.07) is 3.58. The molecule has 1 unspecified atom stereocenters. The van der Waals surface area contributed by atoms with Crippen molar-refractivity contribution in [3.05, 3.63) is 30.1 Å². The molecule has 19 heavy (non-hydrogen) atoms. The molecule has 0 aliphatic carbocycles. The van der Waals surface area contributed by atoms with Gasteiger partial charge in [-0.2, -0.15) is 0 Å². The Morgan fingerprint density at radius 3 is 2.42 bits per heavy atom. The lowest BCUT2D eigenvalue weighted by molar-refractivity contribution is 0.0621. The summed E-state index contributed by atoms with van der Waals surface area (Å²) >= 11 is 5.01. The van der Waals surface area contributed by atoms with E-state index < -0.39 is 0 Å². The van der Waals surface area contributed by atoms with Crippen LogP contribution >= 0.6 is 12.2 Å². The minimum absolute atomic E-state index is 0.0602. The van der Waals surface area contributed by atoms with Crippen molar-refractivity contribution in [3.63, 3.8) is 0 Å². The summed E-state index contributed by atoms with van der Waals surface area (Å²) in [4.78, 5) is 20.7. The molecule has 0 aromatic carbocycles. The predicted octanol–water partition coefficient (Wildman–Crippen LogP) is 0.514. The van der Waals surface area contributed by atoms with E-state index >= 15 is 0 Å². The highest BCUT2D eigenvalue weighted by Gasteiger charge is 2.25. The Hall–Kier alpha value is -1.53.